The number of carbonyl (C=O) groups is 1. The molecule has 0 bridgehead atoms. The molecule has 0 fully saturated rings. The highest BCUT2D eigenvalue weighted by Crippen LogP contribution is 1.95. The Morgan fingerprint density at radius 2 is 2.56 bits per heavy atom. The zero-order chi connectivity index (χ0) is 6.69. The normalized spacial score (nSPS) is 8.89. The summed E-state index contributed by atoms with van der Waals surface area (Å²) in [5.74, 6) is -0.747. The first-order valence-corrected chi connectivity index (χ1v) is 2.88. The summed E-state index contributed by atoms with van der Waals surface area (Å²) in [6.45, 7) is 0. The van der Waals surface area contributed by atoms with Gasteiger partial charge in [-0.15, -0.1) is 5.10 Å². The summed E-state index contributed by atoms with van der Waals surface area (Å²) in [6, 6.07) is 0. The lowest BCUT2D eigenvalue weighted by molar-refractivity contribution is 0.105. The first-order chi connectivity index (χ1) is 4.34. The number of rotatable bonds is 2. The molecule has 1 radical (unpaired) electrons. The van der Waals surface area contributed by atoms with Crippen molar-refractivity contribution in [1.29, 1.82) is 0 Å². The largest absolute Gasteiger partial charge is 0.283 e. The number of hydrogen-bond acceptors (Lipinski definition) is 5. The average Bonchev–Trinajstić information content (AvgIpc) is 2.37. The fraction of sp³-hybridized carbons (Fsp3) is 0. The second-order valence-corrected chi connectivity index (χ2v) is 1.83. The Hall–Kier alpha value is -1.10. The van der Waals surface area contributed by atoms with E-state index in [-0.39, 0.29) is 5.69 Å². The van der Waals surface area contributed by atoms with E-state index >= 15 is 0 Å². The molecule has 1 aromatic heterocycles. The molecule has 0 unspecified atom stereocenters. The molecule has 0 spiro atoms. The lowest BCUT2D eigenvalue weighted by Gasteiger charge is -1.74. The van der Waals surface area contributed by atoms with Crippen molar-refractivity contribution < 1.29 is 9.59 Å². The third-order valence-corrected chi connectivity index (χ3v) is 1.19. The van der Waals surface area contributed by atoms with Crippen molar-refractivity contribution in [2.45, 2.75) is 0 Å². The number of hydrogen-bond donors (Lipinski definition) is 0. The fourth-order valence-electron chi connectivity index (χ4n) is 0.316. The summed E-state index contributed by atoms with van der Waals surface area (Å²) in [4.78, 5) is 20.0. The molecule has 0 aliphatic carbocycles. The van der Waals surface area contributed by atoms with Crippen LogP contribution in [0.2, 0.25) is 0 Å². The van der Waals surface area contributed by atoms with Gasteiger partial charge in [-0.05, 0) is 11.5 Å². The third kappa shape index (κ3) is 1.17. The third-order valence-electron chi connectivity index (χ3n) is 0.685. The number of carbonyl (C=O) groups excluding carboxylic acids is 2. The van der Waals surface area contributed by atoms with Crippen molar-refractivity contribution in [3.05, 3.63) is 11.1 Å². The van der Waals surface area contributed by atoms with Crippen LogP contribution < -0.4 is 0 Å². The summed E-state index contributed by atoms with van der Waals surface area (Å²) in [5.41, 5.74) is 0.0648. The molecule has 45 valence electrons. The Bertz CT molecular complexity index is 218. The summed E-state index contributed by atoms with van der Waals surface area (Å²) in [5, 5.41) is 4.74. The van der Waals surface area contributed by atoms with Gasteiger partial charge in [0.25, 0.3) is 12.1 Å². The van der Waals surface area contributed by atoms with Crippen molar-refractivity contribution in [2.75, 3.05) is 0 Å². The van der Waals surface area contributed by atoms with Crippen LogP contribution in [0.25, 0.3) is 0 Å². The molecule has 0 aliphatic rings. The van der Waals surface area contributed by atoms with Gasteiger partial charge in [-0.25, -0.2) is 0 Å². The van der Waals surface area contributed by atoms with E-state index in [4.69, 9.17) is 0 Å². The monoisotopic (exact) mass is 141 g/mol. The van der Waals surface area contributed by atoms with Gasteiger partial charge in [0, 0.05) is 5.38 Å². The number of ketones is 1. The van der Waals surface area contributed by atoms with Crippen LogP contribution in [0.15, 0.2) is 5.38 Å². The molecule has 0 aromatic carbocycles. The van der Waals surface area contributed by atoms with E-state index in [1.165, 1.54) is 11.7 Å². The van der Waals surface area contributed by atoms with Crippen LogP contribution in [0.5, 0.6) is 0 Å². The Morgan fingerprint density at radius 1 is 1.78 bits per heavy atom. The summed E-state index contributed by atoms with van der Waals surface area (Å²) >= 11 is 1.02. The van der Waals surface area contributed by atoms with Crippen LogP contribution in [0.3, 0.4) is 0 Å². The maximum atomic E-state index is 10.4. The molecule has 0 aliphatic heterocycles. The van der Waals surface area contributed by atoms with Crippen LogP contribution in [0, 0.1) is 0 Å². The van der Waals surface area contributed by atoms with Crippen LogP contribution in [-0.4, -0.2) is 21.7 Å². The van der Waals surface area contributed by atoms with Crippen molar-refractivity contribution in [3.8, 4) is 0 Å². The molecule has 1 rings (SSSR count). The molecule has 1 heterocycles. The Balaban J connectivity index is 2.89. The van der Waals surface area contributed by atoms with Gasteiger partial charge in [0.2, 0.25) is 0 Å². The van der Waals surface area contributed by atoms with Crippen LogP contribution in [0.4, 0.5) is 0 Å². The number of nitrogens with zero attached hydrogens (tertiary/aromatic N) is 2. The van der Waals surface area contributed by atoms with Gasteiger partial charge in [0.05, 0.1) is 0 Å². The minimum Gasteiger partial charge on any atom is -0.283 e. The molecular formula is C4HN2O2S. The molecular weight excluding hydrogens is 140 g/mol. The van der Waals surface area contributed by atoms with E-state index in [1.54, 1.807) is 0 Å². The molecule has 0 amide bonds. The standard InChI is InChI=1S/C4HN2O2S/c7-1-4(8)3-2-9-6-5-3/h2H. The first-order valence-electron chi connectivity index (χ1n) is 2.04. The summed E-state index contributed by atoms with van der Waals surface area (Å²) < 4.78 is 3.38. The predicted molar refractivity (Wildman–Crippen MR) is 29.9 cm³/mol. The zero-order valence-corrected chi connectivity index (χ0v) is 5.01. The minimum atomic E-state index is -0.747. The molecule has 5 heteroatoms. The maximum absolute atomic E-state index is 10.4. The Labute approximate surface area is 54.7 Å². The number of aromatic nitrogens is 2. The van der Waals surface area contributed by atoms with Gasteiger partial charge in [0.15, 0.2) is 0 Å². The quantitative estimate of drug-likeness (QED) is 0.423. The van der Waals surface area contributed by atoms with Crippen molar-refractivity contribution in [1.82, 2.24) is 9.59 Å². The topological polar surface area (TPSA) is 59.9 Å². The fourth-order valence-corrected chi connectivity index (χ4v) is 0.752. The van der Waals surface area contributed by atoms with Crippen molar-refractivity contribution in [2.24, 2.45) is 0 Å². The van der Waals surface area contributed by atoms with E-state index in [0.29, 0.717) is 0 Å². The first kappa shape index (κ1) is 6.03. The second-order valence-electron chi connectivity index (χ2n) is 1.22. The molecule has 4 nitrogen and oxygen atoms in total. The summed E-state index contributed by atoms with van der Waals surface area (Å²) in [7, 11) is 0. The van der Waals surface area contributed by atoms with E-state index in [2.05, 4.69) is 9.59 Å². The van der Waals surface area contributed by atoms with Gasteiger partial charge in [-0.2, -0.15) is 0 Å². The average molecular weight is 141 g/mol. The molecule has 9 heavy (non-hydrogen) atoms. The van der Waals surface area contributed by atoms with Gasteiger partial charge in [-0.3, -0.25) is 9.59 Å². The second kappa shape index (κ2) is 2.45. The lowest BCUT2D eigenvalue weighted by atomic mass is 10.3. The highest BCUT2D eigenvalue weighted by molar-refractivity contribution is 7.03. The Kier molecular flexibility index (Phi) is 1.64. The van der Waals surface area contributed by atoms with Gasteiger partial charge in [0.1, 0.15) is 5.69 Å². The molecule has 0 saturated heterocycles. The highest BCUT2D eigenvalue weighted by Gasteiger charge is 2.06. The van der Waals surface area contributed by atoms with Crippen LogP contribution in [-0.2, 0) is 4.79 Å². The summed E-state index contributed by atoms with van der Waals surface area (Å²) in [6.07, 6.45) is 1.18. The van der Waals surface area contributed by atoms with Crippen LogP contribution >= 0.6 is 11.5 Å². The van der Waals surface area contributed by atoms with E-state index in [9.17, 15) is 9.59 Å². The predicted octanol–water partition coefficient (Wildman–Crippen LogP) is -0.169. The van der Waals surface area contributed by atoms with E-state index in [0.717, 1.165) is 11.5 Å². The zero-order valence-electron chi connectivity index (χ0n) is 4.20. The minimum absolute atomic E-state index is 0.0648. The lowest BCUT2D eigenvalue weighted by Crippen LogP contribution is -1.99. The van der Waals surface area contributed by atoms with Crippen molar-refractivity contribution >= 4 is 23.6 Å². The van der Waals surface area contributed by atoms with E-state index < -0.39 is 5.78 Å². The maximum Gasteiger partial charge on any atom is 0.279 e. The highest BCUT2D eigenvalue weighted by atomic mass is 32.1. The van der Waals surface area contributed by atoms with Gasteiger partial charge in [-0.1, -0.05) is 4.49 Å². The number of Topliss-reactive ketones (excluding diaryl/α,β-unsaturated/α-hetero) is 1. The molecule has 0 atom stereocenters. The Morgan fingerprint density at radius 3 is 3.00 bits per heavy atom. The smallest absolute Gasteiger partial charge is 0.279 e. The van der Waals surface area contributed by atoms with Gasteiger partial charge >= 0.3 is 0 Å². The van der Waals surface area contributed by atoms with Gasteiger partial charge < -0.3 is 0 Å². The van der Waals surface area contributed by atoms with E-state index in [1.807, 2.05) is 0 Å². The van der Waals surface area contributed by atoms with Crippen molar-refractivity contribution in [3.63, 3.8) is 0 Å². The molecule has 0 saturated carbocycles. The SMILES string of the molecule is O=[C]C(=O)c1csnn1. The van der Waals surface area contributed by atoms with Crippen LogP contribution in [0.1, 0.15) is 10.5 Å². The molecule has 0 N–H and O–H groups in total. The molecule has 1 aromatic rings.